The van der Waals surface area contributed by atoms with E-state index in [1.165, 1.54) is 7.11 Å². The van der Waals surface area contributed by atoms with Crippen LogP contribution >= 0.6 is 0 Å². The lowest BCUT2D eigenvalue weighted by atomic mass is 9.94. The van der Waals surface area contributed by atoms with Crippen LogP contribution in [0.1, 0.15) is 29.8 Å². The number of H-pyrrole nitrogens is 1. The highest BCUT2D eigenvalue weighted by molar-refractivity contribution is 6.05. The van der Waals surface area contributed by atoms with Crippen LogP contribution in [0, 0.1) is 10.1 Å². The number of benzene rings is 1. The van der Waals surface area contributed by atoms with Gasteiger partial charge in [0.05, 0.1) is 12.7 Å². The number of nitrogens with zero attached hydrogens (tertiary/aromatic N) is 1. The number of hydrogen-bond donors (Lipinski definition) is 1. The van der Waals surface area contributed by atoms with Crippen LogP contribution in [-0.2, 0) is 11.2 Å². The van der Waals surface area contributed by atoms with Gasteiger partial charge in [-0.1, -0.05) is 6.07 Å². The van der Waals surface area contributed by atoms with Crippen LogP contribution in [0.3, 0.4) is 0 Å². The van der Waals surface area contributed by atoms with E-state index in [0.29, 0.717) is 10.9 Å². The number of aromatic nitrogens is 1. The molecule has 0 aliphatic heterocycles. The smallest absolute Gasteiger partial charge is 0.338 e. The summed E-state index contributed by atoms with van der Waals surface area (Å²) in [6, 6.07) is 5.22. The maximum absolute atomic E-state index is 11.8. The second-order valence-electron chi connectivity index (χ2n) is 5.28. The molecular formula is C14H16N2O4. The lowest BCUT2D eigenvalue weighted by molar-refractivity contribution is -0.560. The minimum atomic E-state index is -1.10. The highest BCUT2D eigenvalue weighted by Gasteiger charge is 2.32. The Hall–Kier alpha value is -2.37. The van der Waals surface area contributed by atoms with Crippen LogP contribution in [0.5, 0.6) is 0 Å². The van der Waals surface area contributed by atoms with Gasteiger partial charge in [-0.2, -0.15) is 0 Å². The summed E-state index contributed by atoms with van der Waals surface area (Å²) >= 11 is 0. The molecule has 0 aliphatic carbocycles. The molecule has 2 aromatic rings. The number of carbonyl (C=O) groups is 1. The lowest BCUT2D eigenvalue weighted by Crippen LogP contribution is -2.33. The molecule has 0 unspecified atom stereocenters. The number of carbonyl (C=O) groups excluding carboxylic acids is 1. The molecule has 0 saturated carbocycles. The van der Waals surface area contributed by atoms with E-state index in [1.807, 2.05) is 6.07 Å². The number of rotatable bonds is 4. The van der Waals surface area contributed by atoms with Gasteiger partial charge in [-0.15, -0.1) is 0 Å². The fourth-order valence-electron chi connectivity index (χ4n) is 2.21. The zero-order valence-corrected chi connectivity index (χ0v) is 11.6. The molecule has 6 heteroatoms. The third-order valence-electron chi connectivity index (χ3n) is 3.31. The van der Waals surface area contributed by atoms with E-state index in [1.54, 1.807) is 32.2 Å². The highest BCUT2D eigenvalue weighted by atomic mass is 16.6. The summed E-state index contributed by atoms with van der Waals surface area (Å²) in [5, 5.41) is 11.8. The lowest BCUT2D eigenvalue weighted by Gasteiger charge is -2.15. The first kappa shape index (κ1) is 14.0. The number of hydrogen-bond acceptors (Lipinski definition) is 4. The van der Waals surface area contributed by atoms with Crippen molar-refractivity contribution in [3.05, 3.63) is 45.6 Å². The van der Waals surface area contributed by atoms with Crippen molar-refractivity contribution in [1.82, 2.24) is 4.98 Å². The highest BCUT2D eigenvalue weighted by Crippen LogP contribution is 2.27. The minimum Gasteiger partial charge on any atom is -0.465 e. The van der Waals surface area contributed by atoms with Crippen LogP contribution < -0.4 is 0 Å². The molecule has 106 valence electrons. The zero-order chi connectivity index (χ0) is 14.9. The monoisotopic (exact) mass is 276 g/mol. The topological polar surface area (TPSA) is 85.2 Å². The van der Waals surface area contributed by atoms with Crippen molar-refractivity contribution < 1.29 is 14.5 Å². The van der Waals surface area contributed by atoms with Crippen molar-refractivity contribution >= 4 is 16.9 Å². The Kier molecular flexibility index (Phi) is 3.48. The fourth-order valence-corrected chi connectivity index (χ4v) is 2.21. The van der Waals surface area contributed by atoms with Gasteiger partial charge in [-0.25, -0.2) is 4.79 Å². The Morgan fingerprint density at radius 3 is 2.75 bits per heavy atom. The van der Waals surface area contributed by atoms with E-state index in [9.17, 15) is 14.9 Å². The molecule has 0 spiro atoms. The van der Waals surface area contributed by atoms with Crippen LogP contribution in [0.2, 0.25) is 0 Å². The largest absolute Gasteiger partial charge is 0.465 e. The maximum atomic E-state index is 11.8. The van der Waals surface area contributed by atoms with Crippen molar-refractivity contribution in [2.45, 2.75) is 25.8 Å². The predicted molar refractivity (Wildman–Crippen MR) is 74.4 cm³/mol. The van der Waals surface area contributed by atoms with E-state index in [4.69, 9.17) is 4.74 Å². The normalized spacial score (nSPS) is 11.6. The maximum Gasteiger partial charge on any atom is 0.338 e. The van der Waals surface area contributed by atoms with Gasteiger partial charge in [0.2, 0.25) is 5.54 Å². The van der Waals surface area contributed by atoms with Gasteiger partial charge in [0, 0.05) is 42.3 Å². The van der Waals surface area contributed by atoms with Gasteiger partial charge in [-0.05, 0) is 17.7 Å². The zero-order valence-electron chi connectivity index (χ0n) is 11.6. The SMILES string of the molecule is COC(=O)c1cccc2[nH]cc(CC(C)(C)[N+](=O)[O-])c12. The minimum absolute atomic E-state index is 0.230. The standard InChI is InChI=1S/C14H16N2O4/c1-14(2,16(18)19)7-9-8-15-11-6-4-5-10(12(9)11)13(17)20-3/h4-6,8,15H,7H2,1-3H3. The molecule has 0 saturated heterocycles. The molecule has 1 N–H and O–H groups in total. The number of methoxy groups -OCH3 is 1. The Labute approximate surface area is 115 Å². The molecule has 1 heterocycles. The molecule has 0 radical (unpaired) electrons. The number of nitrogens with one attached hydrogen (secondary N) is 1. The molecule has 0 bridgehead atoms. The molecule has 1 aromatic carbocycles. The Bertz CT molecular complexity index is 673. The van der Waals surface area contributed by atoms with Crippen LogP contribution in [-0.4, -0.2) is 28.5 Å². The molecule has 0 amide bonds. The number of esters is 1. The van der Waals surface area contributed by atoms with Crippen molar-refractivity contribution in [3.8, 4) is 0 Å². The van der Waals surface area contributed by atoms with Crippen molar-refractivity contribution in [2.24, 2.45) is 0 Å². The summed E-state index contributed by atoms with van der Waals surface area (Å²) in [6.45, 7) is 3.12. The van der Waals surface area contributed by atoms with Gasteiger partial charge in [0.1, 0.15) is 0 Å². The van der Waals surface area contributed by atoms with Crippen molar-refractivity contribution in [1.29, 1.82) is 0 Å². The average Bonchev–Trinajstić information content (AvgIpc) is 2.80. The van der Waals surface area contributed by atoms with Gasteiger partial charge in [0.15, 0.2) is 0 Å². The van der Waals surface area contributed by atoms with Crippen LogP contribution in [0.25, 0.3) is 10.9 Å². The summed E-state index contributed by atoms with van der Waals surface area (Å²) in [5.41, 5.74) is 0.823. The van der Waals surface area contributed by atoms with E-state index < -0.39 is 11.5 Å². The Balaban J connectivity index is 2.55. The molecule has 20 heavy (non-hydrogen) atoms. The summed E-state index contributed by atoms with van der Waals surface area (Å²) in [4.78, 5) is 25.6. The van der Waals surface area contributed by atoms with E-state index in [-0.39, 0.29) is 11.3 Å². The molecule has 1 aromatic heterocycles. The first-order valence-electron chi connectivity index (χ1n) is 6.18. The van der Waals surface area contributed by atoms with E-state index in [2.05, 4.69) is 4.98 Å². The van der Waals surface area contributed by atoms with Crippen molar-refractivity contribution in [2.75, 3.05) is 7.11 Å². The number of ether oxygens (including phenoxy) is 1. The summed E-state index contributed by atoms with van der Waals surface area (Å²) in [6.07, 6.45) is 1.94. The summed E-state index contributed by atoms with van der Waals surface area (Å²) in [5.74, 6) is -0.449. The molecule has 2 rings (SSSR count). The molecule has 0 fully saturated rings. The van der Waals surface area contributed by atoms with E-state index in [0.717, 1.165) is 11.1 Å². The van der Waals surface area contributed by atoms with Crippen LogP contribution in [0.15, 0.2) is 24.4 Å². The third kappa shape index (κ3) is 2.36. The average molecular weight is 276 g/mol. The van der Waals surface area contributed by atoms with Gasteiger partial charge >= 0.3 is 5.97 Å². The molecule has 0 atom stereocenters. The molecule has 6 nitrogen and oxygen atoms in total. The Morgan fingerprint density at radius 1 is 1.45 bits per heavy atom. The fraction of sp³-hybridized carbons (Fsp3) is 0.357. The molecular weight excluding hydrogens is 260 g/mol. The van der Waals surface area contributed by atoms with Crippen LogP contribution in [0.4, 0.5) is 0 Å². The summed E-state index contributed by atoms with van der Waals surface area (Å²) in [7, 11) is 1.31. The number of fused-ring (bicyclic) bond motifs is 1. The number of nitro groups is 1. The quantitative estimate of drug-likeness (QED) is 0.528. The second kappa shape index (κ2) is 4.96. The summed E-state index contributed by atoms with van der Waals surface area (Å²) < 4.78 is 4.76. The molecule has 0 aliphatic rings. The second-order valence-corrected chi connectivity index (χ2v) is 5.28. The third-order valence-corrected chi connectivity index (χ3v) is 3.31. The van der Waals surface area contributed by atoms with Gasteiger partial charge in [-0.3, -0.25) is 10.1 Å². The van der Waals surface area contributed by atoms with Crippen molar-refractivity contribution in [3.63, 3.8) is 0 Å². The van der Waals surface area contributed by atoms with E-state index >= 15 is 0 Å². The predicted octanol–water partition coefficient (Wildman–Crippen LogP) is 2.55. The first-order valence-corrected chi connectivity index (χ1v) is 6.18. The Morgan fingerprint density at radius 2 is 2.15 bits per heavy atom. The first-order chi connectivity index (χ1) is 9.36. The van der Waals surface area contributed by atoms with Gasteiger partial charge < -0.3 is 9.72 Å². The number of aromatic amines is 1. The van der Waals surface area contributed by atoms with Gasteiger partial charge in [0.25, 0.3) is 0 Å².